The lowest BCUT2D eigenvalue weighted by Gasteiger charge is -2.16. The van der Waals surface area contributed by atoms with Crippen molar-refractivity contribution in [2.75, 3.05) is 0 Å². The molecule has 0 heterocycles. The Bertz CT molecular complexity index is 301. The molecule has 1 heteroatoms. The van der Waals surface area contributed by atoms with Gasteiger partial charge in [0.1, 0.15) is 0 Å². The summed E-state index contributed by atoms with van der Waals surface area (Å²) in [7, 11) is 0. The molecule has 0 nitrogen and oxygen atoms in total. The van der Waals surface area contributed by atoms with Gasteiger partial charge in [0.2, 0.25) is 0 Å². The van der Waals surface area contributed by atoms with Crippen molar-refractivity contribution >= 4 is 15.9 Å². The molecule has 0 spiro atoms. The molecule has 1 atom stereocenters. The van der Waals surface area contributed by atoms with E-state index in [4.69, 9.17) is 0 Å². The number of rotatable bonds is 2. The first kappa shape index (κ1) is 11.8. The molecule has 0 saturated heterocycles. The monoisotopic (exact) mass is 254 g/mol. The van der Waals surface area contributed by atoms with Crippen molar-refractivity contribution in [2.45, 2.75) is 40.5 Å². The third kappa shape index (κ3) is 2.38. The first-order valence-corrected chi connectivity index (χ1v) is 6.03. The smallest absolute Gasteiger partial charge is 0.0157 e. The van der Waals surface area contributed by atoms with Gasteiger partial charge in [-0.1, -0.05) is 39.2 Å². The van der Waals surface area contributed by atoms with Crippen molar-refractivity contribution < 1.29 is 0 Å². The zero-order chi connectivity index (χ0) is 10.7. The third-order valence-electron chi connectivity index (χ3n) is 2.87. The molecule has 0 N–H and O–H groups in total. The Morgan fingerprint density at radius 1 is 1.43 bits per heavy atom. The quantitative estimate of drug-likeness (QED) is 0.653. The maximum Gasteiger partial charge on any atom is 0.0157 e. The van der Waals surface area contributed by atoms with Gasteiger partial charge in [-0.3, -0.25) is 0 Å². The normalized spacial score (nSPS) is 22.2. The first-order valence-electron chi connectivity index (χ1n) is 5.24. The van der Waals surface area contributed by atoms with Crippen LogP contribution >= 0.6 is 15.9 Å². The summed E-state index contributed by atoms with van der Waals surface area (Å²) in [6, 6.07) is 0. The molecule has 1 aliphatic carbocycles. The summed E-state index contributed by atoms with van der Waals surface area (Å²) in [4.78, 5) is 0. The van der Waals surface area contributed by atoms with Gasteiger partial charge in [-0.15, -0.1) is 0 Å². The van der Waals surface area contributed by atoms with E-state index in [0.717, 1.165) is 0 Å². The van der Waals surface area contributed by atoms with E-state index in [2.05, 4.69) is 55.8 Å². The highest BCUT2D eigenvalue weighted by Crippen LogP contribution is 2.39. The molecule has 1 aliphatic rings. The topological polar surface area (TPSA) is 0 Å². The van der Waals surface area contributed by atoms with Crippen LogP contribution < -0.4 is 0 Å². The van der Waals surface area contributed by atoms with Crippen LogP contribution in [0.15, 0.2) is 33.4 Å². The van der Waals surface area contributed by atoms with Crippen molar-refractivity contribution in [1.82, 2.24) is 0 Å². The fourth-order valence-electron chi connectivity index (χ4n) is 1.92. The van der Waals surface area contributed by atoms with E-state index in [1.165, 1.54) is 34.0 Å². The van der Waals surface area contributed by atoms with Crippen molar-refractivity contribution in [3.63, 3.8) is 0 Å². The largest absolute Gasteiger partial charge is 0.0844 e. The molecule has 0 aromatic carbocycles. The van der Waals surface area contributed by atoms with Gasteiger partial charge in [-0.2, -0.15) is 0 Å². The minimum atomic E-state index is 0.608. The summed E-state index contributed by atoms with van der Waals surface area (Å²) < 4.78 is 1.38. The highest BCUT2D eigenvalue weighted by atomic mass is 79.9. The number of hydrogen-bond acceptors (Lipinski definition) is 0. The minimum absolute atomic E-state index is 0.608. The molecule has 0 aromatic heterocycles. The zero-order valence-electron chi connectivity index (χ0n) is 9.52. The highest BCUT2D eigenvalue weighted by Gasteiger charge is 2.22. The van der Waals surface area contributed by atoms with E-state index in [1.807, 2.05) is 0 Å². The van der Waals surface area contributed by atoms with Crippen LogP contribution in [0, 0.1) is 5.92 Å². The molecule has 0 aromatic rings. The van der Waals surface area contributed by atoms with Gasteiger partial charge >= 0.3 is 0 Å². The predicted molar refractivity (Wildman–Crippen MR) is 67.5 cm³/mol. The SMILES string of the molecule is C/C=C(\C)C1=CCCC1C(Br)=C(C)C. The van der Waals surface area contributed by atoms with Crippen molar-refractivity contribution in [1.29, 1.82) is 0 Å². The fourth-order valence-corrected chi connectivity index (χ4v) is 2.39. The van der Waals surface area contributed by atoms with Crippen LogP contribution in [0.5, 0.6) is 0 Å². The molecular weight excluding hydrogens is 236 g/mol. The van der Waals surface area contributed by atoms with E-state index in [9.17, 15) is 0 Å². The molecule has 0 saturated carbocycles. The third-order valence-corrected chi connectivity index (χ3v) is 4.21. The number of allylic oxidation sites excluding steroid dienone is 6. The summed E-state index contributed by atoms with van der Waals surface area (Å²) in [5.74, 6) is 0.608. The van der Waals surface area contributed by atoms with Crippen molar-refractivity contribution in [2.24, 2.45) is 5.92 Å². The van der Waals surface area contributed by atoms with Crippen LogP contribution in [0.25, 0.3) is 0 Å². The second-order valence-corrected chi connectivity index (χ2v) is 4.96. The maximum absolute atomic E-state index is 3.72. The lowest BCUT2D eigenvalue weighted by atomic mass is 9.94. The molecule has 1 unspecified atom stereocenters. The molecule has 14 heavy (non-hydrogen) atoms. The molecule has 0 aliphatic heterocycles. The Morgan fingerprint density at radius 3 is 2.57 bits per heavy atom. The van der Waals surface area contributed by atoms with Gasteiger partial charge < -0.3 is 0 Å². The summed E-state index contributed by atoms with van der Waals surface area (Å²) in [5, 5.41) is 0. The van der Waals surface area contributed by atoms with Gasteiger partial charge in [0.15, 0.2) is 0 Å². The number of hydrogen-bond donors (Lipinski definition) is 0. The van der Waals surface area contributed by atoms with E-state index in [-0.39, 0.29) is 0 Å². The lowest BCUT2D eigenvalue weighted by molar-refractivity contribution is 0.731. The van der Waals surface area contributed by atoms with Crippen LogP contribution in [0.3, 0.4) is 0 Å². The lowest BCUT2D eigenvalue weighted by Crippen LogP contribution is -2.01. The minimum Gasteiger partial charge on any atom is -0.0844 e. The summed E-state index contributed by atoms with van der Waals surface area (Å²) >= 11 is 3.72. The van der Waals surface area contributed by atoms with Gasteiger partial charge in [-0.05, 0) is 46.1 Å². The second kappa shape index (κ2) is 4.97. The van der Waals surface area contributed by atoms with Crippen molar-refractivity contribution in [3.05, 3.63) is 33.4 Å². The molecule has 0 bridgehead atoms. The fraction of sp³-hybridized carbons (Fsp3) is 0.538. The Morgan fingerprint density at radius 2 is 2.07 bits per heavy atom. The Labute approximate surface area is 95.9 Å². The van der Waals surface area contributed by atoms with Gasteiger partial charge in [0.25, 0.3) is 0 Å². The Hall–Kier alpha value is -0.300. The van der Waals surface area contributed by atoms with Crippen LogP contribution in [0.4, 0.5) is 0 Å². The molecule has 0 radical (unpaired) electrons. The average molecular weight is 255 g/mol. The zero-order valence-corrected chi connectivity index (χ0v) is 11.1. The van der Waals surface area contributed by atoms with Gasteiger partial charge in [-0.25, -0.2) is 0 Å². The molecule has 78 valence electrons. The summed E-state index contributed by atoms with van der Waals surface area (Å²) in [6.07, 6.45) is 7.06. The summed E-state index contributed by atoms with van der Waals surface area (Å²) in [5.41, 5.74) is 4.33. The second-order valence-electron chi connectivity index (χ2n) is 4.11. The number of halogens is 1. The van der Waals surface area contributed by atoms with E-state index in [1.54, 1.807) is 0 Å². The summed E-state index contributed by atoms with van der Waals surface area (Å²) in [6.45, 7) is 8.66. The predicted octanol–water partition coefficient (Wildman–Crippen LogP) is 4.98. The van der Waals surface area contributed by atoms with Crippen LogP contribution in [0.1, 0.15) is 40.5 Å². The Balaban J connectivity index is 2.94. The van der Waals surface area contributed by atoms with Crippen LogP contribution in [0.2, 0.25) is 0 Å². The van der Waals surface area contributed by atoms with Crippen LogP contribution in [-0.2, 0) is 0 Å². The van der Waals surface area contributed by atoms with E-state index < -0.39 is 0 Å². The van der Waals surface area contributed by atoms with Gasteiger partial charge in [0.05, 0.1) is 0 Å². The molecule has 1 rings (SSSR count). The van der Waals surface area contributed by atoms with E-state index in [0.29, 0.717) is 5.92 Å². The molecule has 0 fully saturated rings. The Kier molecular flexibility index (Phi) is 4.18. The first-order chi connectivity index (χ1) is 6.57. The highest BCUT2D eigenvalue weighted by molar-refractivity contribution is 9.11. The van der Waals surface area contributed by atoms with E-state index >= 15 is 0 Å². The van der Waals surface area contributed by atoms with Crippen LogP contribution in [-0.4, -0.2) is 0 Å². The standard InChI is InChI=1S/C13H19Br/c1-5-10(4)11-7-6-8-12(11)13(14)9(2)3/h5,7,12H,6,8H2,1-4H3/b10-5+. The van der Waals surface area contributed by atoms with Gasteiger partial charge in [0, 0.05) is 10.4 Å². The van der Waals surface area contributed by atoms with Crippen molar-refractivity contribution in [3.8, 4) is 0 Å². The molecule has 0 amide bonds. The maximum atomic E-state index is 3.72. The average Bonchev–Trinajstić information content (AvgIpc) is 2.63. The molecular formula is C13H19Br.